The zero-order valence-corrected chi connectivity index (χ0v) is 22.2. The fraction of sp³-hybridized carbons (Fsp3) is 0.346. The number of aliphatic hydroxyl groups excluding tert-OH is 1. The van der Waals surface area contributed by atoms with E-state index in [0.717, 1.165) is 17.3 Å². The molecule has 5 atom stereocenters. The van der Waals surface area contributed by atoms with Gasteiger partial charge < -0.3 is 14.9 Å². The number of benzene rings is 2. The van der Waals surface area contributed by atoms with Gasteiger partial charge in [0.2, 0.25) is 10.0 Å². The molecule has 2 N–H and O–H groups in total. The van der Waals surface area contributed by atoms with Crippen LogP contribution in [0.1, 0.15) is 35.6 Å². The number of fused-ring (bicyclic) bond motifs is 3. The average Bonchev–Trinajstić information content (AvgIpc) is 3.54. The Bertz CT molecular complexity index is 1420. The highest BCUT2D eigenvalue weighted by Gasteiger charge is 2.79. The first-order chi connectivity index (χ1) is 17.2. The molecule has 7 nitrogen and oxygen atoms in total. The van der Waals surface area contributed by atoms with E-state index in [2.05, 4.69) is 20.9 Å². The molecule has 3 aliphatic rings. The van der Waals surface area contributed by atoms with Crippen molar-refractivity contribution in [2.45, 2.75) is 41.3 Å². The summed E-state index contributed by atoms with van der Waals surface area (Å²) >= 11 is 9.67. The van der Waals surface area contributed by atoms with Gasteiger partial charge in [0.15, 0.2) is 11.2 Å². The quantitative estimate of drug-likeness (QED) is 0.477. The highest BCUT2D eigenvalue weighted by Crippen LogP contribution is 2.67. The number of sulfonamides is 1. The normalized spacial score (nSPS) is 31.7. The highest BCUT2D eigenvalue weighted by molar-refractivity contribution is 9.10. The number of hydrogen-bond donors (Lipinski definition) is 2. The lowest BCUT2D eigenvalue weighted by atomic mass is 9.72. The molecule has 36 heavy (non-hydrogen) atoms. The Hall–Kier alpha value is -2.01. The van der Waals surface area contributed by atoms with Crippen LogP contribution in [-0.4, -0.2) is 52.4 Å². The molecule has 1 aliphatic carbocycles. The van der Waals surface area contributed by atoms with Crippen LogP contribution in [0.4, 0.5) is 0 Å². The summed E-state index contributed by atoms with van der Waals surface area (Å²) in [6.45, 7) is 0.754. The molecular formula is C26H24BrClN2O5S. The number of hydrogen-bond acceptors (Lipinski definition) is 6. The van der Waals surface area contributed by atoms with Crippen LogP contribution in [0.25, 0.3) is 0 Å². The van der Waals surface area contributed by atoms with Crippen molar-refractivity contribution >= 4 is 37.6 Å². The lowest BCUT2D eigenvalue weighted by Gasteiger charge is -2.40. The minimum atomic E-state index is -4.05. The summed E-state index contributed by atoms with van der Waals surface area (Å²) in [4.78, 5) is 4.37. The van der Waals surface area contributed by atoms with Crippen LogP contribution in [0.5, 0.6) is 5.75 Å². The Morgan fingerprint density at radius 2 is 1.75 bits per heavy atom. The molecule has 0 amide bonds. The highest BCUT2D eigenvalue weighted by atomic mass is 79.9. The van der Waals surface area contributed by atoms with E-state index in [0.29, 0.717) is 29.2 Å². The van der Waals surface area contributed by atoms with Crippen molar-refractivity contribution < 1.29 is 23.4 Å². The topological polar surface area (TPSA) is 100.0 Å². The Balaban J connectivity index is 1.68. The van der Waals surface area contributed by atoms with Gasteiger partial charge in [-0.25, -0.2) is 12.7 Å². The zero-order chi connectivity index (χ0) is 25.3. The van der Waals surface area contributed by atoms with E-state index >= 15 is 0 Å². The zero-order valence-electron chi connectivity index (χ0n) is 19.1. The smallest absolute Gasteiger partial charge is 0.220 e. The molecule has 188 valence electrons. The van der Waals surface area contributed by atoms with Gasteiger partial charge in [-0.3, -0.25) is 4.98 Å². The number of halogens is 2. The first kappa shape index (κ1) is 24.3. The number of ether oxygens (including phenoxy) is 1. The van der Waals surface area contributed by atoms with Crippen molar-refractivity contribution in [2.75, 3.05) is 13.1 Å². The van der Waals surface area contributed by atoms with Crippen LogP contribution in [0, 0.1) is 0 Å². The Labute approximate surface area is 222 Å². The molecule has 1 aromatic heterocycles. The molecule has 2 aromatic carbocycles. The van der Waals surface area contributed by atoms with Gasteiger partial charge in [0.05, 0.1) is 10.9 Å². The van der Waals surface area contributed by atoms with Crippen LogP contribution in [0.15, 0.2) is 71.3 Å². The van der Waals surface area contributed by atoms with Crippen molar-refractivity contribution in [1.29, 1.82) is 0 Å². The van der Waals surface area contributed by atoms with Gasteiger partial charge in [-0.1, -0.05) is 70.0 Å². The molecule has 1 saturated heterocycles. The summed E-state index contributed by atoms with van der Waals surface area (Å²) in [5, 5.41) is 23.4. The van der Waals surface area contributed by atoms with E-state index in [9.17, 15) is 18.6 Å². The van der Waals surface area contributed by atoms with Gasteiger partial charge in [-0.15, -0.1) is 0 Å². The molecule has 2 fully saturated rings. The van der Waals surface area contributed by atoms with Crippen molar-refractivity contribution in [3.05, 3.63) is 93.2 Å². The molecule has 2 aliphatic heterocycles. The van der Waals surface area contributed by atoms with Gasteiger partial charge in [-0.05, 0) is 36.1 Å². The fourth-order valence-corrected chi connectivity index (χ4v) is 8.95. The molecule has 0 bridgehead atoms. The van der Waals surface area contributed by atoms with Gasteiger partial charge in [-0.2, -0.15) is 0 Å². The molecule has 6 rings (SSSR count). The van der Waals surface area contributed by atoms with E-state index in [4.69, 9.17) is 16.3 Å². The van der Waals surface area contributed by atoms with Crippen LogP contribution >= 0.6 is 27.5 Å². The second-order valence-electron chi connectivity index (χ2n) is 9.56. The van der Waals surface area contributed by atoms with Crippen LogP contribution < -0.4 is 4.74 Å². The molecule has 10 heteroatoms. The van der Waals surface area contributed by atoms with E-state index in [1.165, 1.54) is 10.5 Å². The van der Waals surface area contributed by atoms with E-state index in [-0.39, 0.29) is 11.4 Å². The van der Waals surface area contributed by atoms with Gasteiger partial charge >= 0.3 is 0 Å². The number of aliphatic hydroxyl groups is 2. The lowest BCUT2D eigenvalue weighted by Crippen LogP contribution is -2.52. The third-order valence-corrected chi connectivity index (χ3v) is 10.8. The van der Waals surface area contributed by atoms with Gasteiger partial charge in [0.25, 0.3) is 0 Å². The summed E-state index contributed by atoms with van der Waals surface area (Å²) in [7, 11) is -4.05. The number of nitrogens with zero attached hydrogens (tertiary/aromatic N) is 2. The van der Waals surface area contributed by atoms with E-state index in [1.807, 2.05) is 30.3 Å². The van der Waals surface area contributed by atoms with Gasteiger partial charge in [0.1, 0.15) is 22.8 Å². The minimum absolute atomic E-state index is 0.0716. The van der Waals surface area contributed by atoms with Crippen molar-refractivity contribution in [2.24, 2.45) is 0 Å². The van der Waals surface area contributed by atoms with Crippen molar-refractivity contribution in [3.8, 4) is 5.75 Å². The monoisotopic (exact) mass is 590 g/mol. The maximum Gasteiger partial charge on any atom is 0.220 e. The minimum Gasteiger partial charge on any atom is -0.476 e. The average molecular weight is 592 g/mol. The summed E-state index contributed by atoms with van der Waals surface area (Å²) in [6.07, 6.45) is 1.14. The molecule has 0 spiro atoms. The Morgan fingerprint density at radius 3 is 2.42 bits per heavy atom. The first-order valence-corrected chi connectivity index (χ1v) is 14.4. The second-order valence-corrected chi connectivity index (χ2v) is 13.0. The van der Waals surface area contributed by atoms with E-state index < -0.39 is 38.5 Å². The molecule has 5 unspecified atom stereocenters. The molecule has 3 aromatic rings. The lowest BCUT2D eigenvalue weighted by molar-refractivity contribution is -0.150. The largest absolute Gasteiger partial charge is 0.476 e. The summed E-state index contributed by atoms with van der Waals surface area (Å²) < 4.78 is 37.1. The molecule has 0 radical (unpaired) electrons. The molecular weight excluding hydrogens is 568 g/mol. The number of aromatic nitrogens is 1. The predicted octanol–water partition coefficient (Wildman–Crippen LogP) is 3.93. The van der Waals surface area contributed by atoms with Crippen LogP contribution in [-0.2, 0) is 21.2 Å². The first-order valence-electron chi connectivity index (χ1n) is 11.8. The van der Waals surface area contributed by atoms with Crippen LogP contribution in [0.3, 0.4) is 0 Å². The third kappa shape index (κ3) is 3.20. The van der Waals surface area contributed by atoms with Crippen LogP contribution in [0.2, 0.25) is 5.02 Å². The van der Waals surface area contributed by atoms with Gasteiger partial charge in [0, 0.05) is 29.8 Å². The Kier molecular flexibility index (Phi) is 5.75. The maximum absolute atomic E-state index is 14.1. The Morgan fingerprint density at radius 1 is 1.08 bits per heavy atom. The second kappa shape index (κ2) is 8.51. The van der Waals surface area contributed by atoms with Crippen molar-refractivity contribution in [1.82, 2.24) is 9.29 Å². The third-order valence-electron chi connectivity index (χ3n) is 7.72. The molecule has 1 saturated carbocycles. The molecule has 3 heterocycles. The summed E-state index contributed by atoms with van der Waals surface area (Å²) in [5.74, 6) is -0.747. The van der Waals surface area contributed by atoms with Crippen molar-refractivity contribution in [3.63, 3.8) is 0 Å². The maximum atomic E-state index is 14.1. The fourth-order valence-electron chi connectivity index (χ4n) is 6.21. The summed E-state index contributed by atoms with van der Waals surface area (Å²) in [6, 6.07) is 17.8. The predicted molar refractivity (Wildman–Crippen MR) is 138 cm³/mol. The standard InChI is InChI=1S/C26H24BrClN2O5S/c27-18-10-8-17(9-11-18)26-21(16-6-2-1-3-7-16)22(36(33,34)30-12-4-5-13-30)24(31)25(26,32)23-20(35-26)14-19(28)15-29-23/h1-3,6-11,14-15,21-22,24,31-32H,4-5,12-13H2. The van der Waals surface area contributed by atoms with E-state index in [1.54, 1.807) is 30.3 Å². The SMILES string of the molecule is O=S(=O)(C1C(O)C2(O)c3ncc(Cl)cc3OC2(c2ccc(Br)cc2)C1c1ccccc1)N1CCCC1. The summed E-state index contributed by atoms with van der Waals surface area (Å²) in [5.41, 5.74) is -2.64. The number of rotatable bonds is 4. The number of pyridine rings is 1.